The fourth-order valence-electron chi connectivity index (χ4n) is 3.67. The number of rotatable bonds is 7. The van der Waals surface area contributed by atoms with Crippen molar-refractivity contribution in [3.8, 4) is 0 Å². The molecule has 1 aromatic rings. The average molecular weight is 468 g/mol. The molecule has 26 heavy (non-hydrogen) atoms. The van der Waals surface area contributed by atoms with Crippen LogP contribution in [0.1, 0.15) is 31.7 Å². The average Bonchev–Trinajstić information content (AvgIpc) is 3.31. The highest BCUT2D eigenvalue weighted by Crippen LogP contribution is 2.17. The Morgan fingerprint density at radius 2 is 1.96 bits per heavy atom. The summed E-state index contributed by atoms with van der Waals surface area (Å²) in [6.07, 6.45) is 9.15. The van der Waals surface area contributed by atoms with Crippen LogP contribution >= 0.6 is 24.0 Å². The third kappa shape index (κ3) is 6.91. The van der Waals surface area contributed by atoms with Crippen LogP contribution in [0.5, 0.6) is 0 Å². The van der Waals surface area contributed by atoms with Gasteiger partial charge in [0, 0.05) is 32.2 Å². The van der Waals surface area contributed by atoms with Gasteiger partial charge in [-0.15, -0.1) is 24.0 Å². The van der Waals surface area contributed by atoms with E-state index in [4.69, 9.17) is 4.99 Å². The number of nitrogens with one attached hydrogen (secondary N) is 2. The fourth-order valence-corrected chi connectivity index (χ4v) is 3.67. The summed E-state index contributed by atoms with van der Waals surface area (Å²) in [5.74, 6) is 1.67. The second kappa shape index (κ2) is 11.6. The Kier molecular flexibility index (Phi) is 9.46. The van der Waals surface area contributed by atoms with Crippen molar-refractivity contribution in [1.29, 1.82) is 0 Å². The van der Waals surface area contributed by atoms with Gasteiger partial charge in [0.05, 0.1) is 0 Å². The summed E-state index contributed by atoms with van der Waals surface area (Å²) in [5.41, 5.74) is 1.44. The van der Waals surface area contributed by atoms with E-state index < -0.39 is 0 Å². The van der Waals surface area contributed by atoms with E-state index in [0.717, 1.165) is 44.9 Å². The Hall–Kier alpha value is -1.08. The maximum Gasteiger partial charge on any atom is 0.191 e. The van der Waals surface area contributed by atoms with Crippen molar-refractivity contribution in [2.75, 3.05) is 32.7 Å². The fraction of sp³-hybridized carbons (Fsp3) is 0.571. The standard InChI is InChI=1S/C21H32N4.HI/c1-2-22-21(24-20-10-6-7-11-20)23-16-19-13-15-25(17-19)14-12-18-8-4-3-5-9-18;/h3-9,19-20H,2,10-17H2,1H3,(H2,22,23,24);1H. The smallest absolute Gasteiger partial charge is 0.191 e. The van der Waals surface area contributed by atoms with Gasteiger partial charge in [0.2, 0.25) is 0 Å². The van der Waals surface area contributed by atoms with E-state index in [0.29, 0.717) is 12.0 Å². The van der Waals surface area contributed by atoms with Gasteiger partial charge in [-0.25, -0.2) is 0 Å². The first-order valence-corrected chi connectivity index (χ1v) is 9.79. The molecule has 1 aliphatic heterocycles. The van der Waals surface area contributed by atoms with E-state index >= 15 is 0 Å². The molecule has 3 rings (SSSR count). The third-order valence-electron chi connectivity index (χ3n) is 5.13. The van der Waals surface area contributed by atoms with Crippen molar-refractivity contribution < 1.29 is 0 Å². The zero-order valence-corrected chi connectivity index (χ0v) is 18.2. The van der Waals surface area contributed by atoms with Crippen LogP contribution in [0.25, 0.3) is 0 Å². The number of benzene rings is 1. The minimum Gasteiger partial charge on any atom is -0.357 e. The number of likely N-dealkylation sites (tertiary alicyclic amines) is 1. The van der Waals surface area contributed by atoms with Crippen LogP contribution < -0.4 is 10.6 Å². The molecule has 1 heterocycles. The van der Waals surface area contributed by atoms with Crippen molar-refractivity contribution in [2.45, 2.75) is 38.6 Å². The predicted molar refractivity (Wildman–Crippen MR) is 121 cm³/mol. The van der Waals surface area contributed by atoms with Crippen molar-refractivity contribution in [1.82, 2.24) is 15.5 Å². The van der Waals surface area contributed by atoms with Crippen molar-refractivity contribution >= 4 is 29.9 Å². The van der Waals surface area contributed by atoms with Gasteiger partial charge in [0.25, 0.3) is 0 Å². The van der Waals surface area contributed by atoms with E-state index in [-0.39, 0.29) is 24.0 Å². The Morgan fingerprint density at radius 3 is 2.69 bits per heavy atom. The van der Waals surface area contributed by atoms with E-state index in [2.05, 4.69) is 64.9 Å². The molecule has 1 aliphatic carbocycles. The lowest BCUT2D eigenvalue weighted by atomic mass is 10.1. The van der Waals surface area contributed by atoms with Crippen molar-refractivity contribution in [3.63, 3.8) is 0 Å². The molecule has 1 saturated heterocycles. The van der Waals surface area contributed by atoms with E-state index in [1.165, 1.54) is 25.1 Å². The van der Waals surface area contributed by atoms with Crippen LogP contribution in [0.15, 0.2) is 47.5 Å². The van der Waals surface area contributed by atoms with Gasteiger partial charge in [-0.1, -0.05) is 42.5 Å². The molecular formula is C21H33IN4. The van der Waals surface area contributed by atoms with Crippen LogP contribution in [-0.4, -0.2) is 49.6 Å². The summed E-state index contributed by atoms with van der Waals surface area (Å²) in [4.78, 5) is 7.44. The molecule has 0 bridgehead atoms. The predicted octanol–water partition coefficient (Wildman–Crippen LogP) is 3.44. The Labute approximate surface area is 175 Å². The molecule has 2 aliphatic rings. The van der Waals surface area contributed by atoms with Gasteiger partial charge in [-0.3, -0.25) is 4.99 Å². The number of aliphatic imine (C=N–C) groups is 1. The summed E-state index contributed by atoms with van der Waals surface area (Å²) >= 11 is 0. The van der Waals surface area contributed by atoms with E-state index in [1.807, 2.05) is 0 Å². The Balaban J connectivity index is 0.00000243. The van der Waals surface area contributed by atoms with Crippen LogP contribution in [0.2, 0.25) is 0 Å². The maximum absolute atomic E-state index is 4.85. The normalized spacial score (nSPS) is 21.0. The lowest BCUT2D eigenvalue weighted by Crippen LogP contribution is -2.42. The highest BCUT2D eigenvalue weighted by Gasteiger charge is 2.22. The van der Waals surface area contributed by atoms with Gasteiger partial charge in [0.15, 0.2) is 5.96 Å². The first-order valence-electron chi connectivity index (χ1n) is 9.79. The number of guanidine groups is 1. The Morgan fingerprint density at radius 1 is 1.19 bits per heavy atom. The second-order valence-corrected chi connectivity index (χ2v) is 7.19. The minimum absolute atomic E-state index is 0. The molecule has 5 heteroatoms. The van der Waals surface area contributed by atoms with Gasteiger partial charge >= 0.3 is 0 Å². The molecule has 1 unspecified atom stereocenters. The Bertz CT molecular complexity index is 565. The molecule has 1 atom stereocenters. The van der Waals surface area contributed by atoms with Gasteiger partial charge in [-0.2, -0.15) is 0 Å². The molecule has 2 N–H and O–H groups in total. The third-order valence-corrected chi connectivity index (χ3v) is 5.13. The molecule has 0 amide bonds. The highest BCUT2D eigenvalue weighted by atomic mass is 127. The molecule has 0 saturated carbocycles. The highest BCUT2D eigenvalue weighted by molar-refractivity contribution is 14.0. The van der Waals surface area contributed by atoms with Crippen molar-refractivity contribution in [3.05, 3.63) is 48.0 Å². The first-order chi connectivity index (χ1) is 12.3. The van der Waals surface area contributed by atoms with Gasteiger partial charge in [-0.05, 0) is 50.6 Å². The largest absolute Gasteiger partial charge is 0.357 e. The van der Waals surface area contributed by atoms with Crippen molar-refractivity contribution in [2.24, 2.45) is 10.9 Å². The van der Waals surface area contributed by atoms with Gasteiger partial charge in [0.1, 0.15) is 0 Å². The monoisotopic (exact) mass is 468 g/mol. The lowest BCUT2D eigenvalue weighted by Gasteiger charge is -2.18. The molecule has 0 aromatic heterocycles. The molecule has 1 fully saturated rings. The number of halogens is 1. The summed E-state index contributed by atoms with van der Waals surface area (Å²) in [6, 6.07) is 11.3. The number of hydrogen-bond donors (Lipinski definition) is 2. The summed E-state index contributed by atoms with van der Waals surface area (Å²) in [5, 5.41) is 6.95. The van der Waals surface area contributed by atoms with E-state index in [9.17, 15) is 0 Å². The van der Waals surface area contributed by atoms with Gasteiger partial charge < -0.3 is 15.5 Å². The first kappa shape index (κ1) is 21.2. The second-order valence-electron chi connectivity index (χ2n) is 7.19. The minimum atomic E-state index is 0. The van der Waals surface area contributed by atoms with Crippen LogP contribution in [0.3, 0.4) is 0 Å². The molecule has 0 spiro atoms. The zero-order valence-electron chi connectivity index (χ0n) is 15.9. The summed E-state index contributed by atoms with van der Waals surface area (Å²) in [6.45, 7) is 7.53. The molecular weight excluding hydrogens is 435 g/mol. The summed E-state index contributed by atoms with van der Waals surface area (Å²) < 4.78 is 0. The van der Waals surface area contributed by atoms with Crippen LogP contribution in [0, 0.1) is 5.92 Å². The zero-order chi connectivity index (χ0) is 17.3. The van der Waals surface area contributed by atoms with Crippen LogP contribution in [-0.2, 0) is 6.42 Å². The van der Waals surface area contributed by atoms with E-state index in [1.54, 1.807) is 0 Å². The molecule has 4 nitrogen and oxygen atoms in total. The van der Waals surface area contributed by atoms with Crippen LogP contribution in [0.4, 0.5) is 0 Å². The molecule has 1 aromatic carbocycles. The lowest BCUT2D eigenvalue weighted by molar-refractivity contribution is 0.329. The number of hydrogen-bond acceptors (Lipinski definition) is 2. The summed E-state index contributed by atoms with van der Waals surface area (Å²) in [7, 11) is 0. The maximum atomic E-state index is 4.85. The quantitative estimate of drug-likeness (QED) is 0.279. The number of nitrogens with zero attached hydrogens (tertiary/aromatic N) is 2. The molecule has 0 radical (unpaired) electrons. The topological polar surface area (TPSA) is 39.7 Å². The SMILES string of the molecule is CCNC(=NCC1CCN(CCc2ccccc2)C1)NC1CC=CC1.I. The molecule has 144 valence electrons.